The van der Waals surface area contributed by atoms with Crippen molar-refractivity contribution in [2.75, 3.05) is 13.7 Å². The molecular weight excluding hydrogens is 242 g/mol. The van der Waals surface area contributed by atoms with E-state index in [4.69, 9.17) is 4.74 Å². The number of ether oxygens (including phenoxy) is 1. The molecule has 1 aromatic carbocycles. The minimum Gasteiger partial charge on any atom is -0.497 e. The predicted molar refractivity (Wildman–Crippen MR) is 73.3 cm³/mol. The molecule has 4 heteroatoms. The Balaban J connectivity index is 1.97. The van der Waals surface area contributed by atoms with Crippen molar-refractivity contribution < 1.29 is 14.6 Å². The summed E-state index contributed by atoms with van der Waals surface area (Å²) in [6, 6.07) is 7.00. The molecule has 1 aliphatic rings. The summed E-state index contributed by atoms with van der Waals surface area (Å²) in [6.45, 7) is 2.34. The van der Waals surface area contributed by atoms with Crippen molar-refractivity contribution in [2.45, 2.75) is 31.8 Å². The topological polar surface area (TPSA) is 58.6 Å². The number of amides is 1. The third kappa shape index (κ3) is 3.07. The highest BCUT2D eigenvalue weighted by Crippen LogP contribution is 2.34. The molecular formula is C15H21NO3. The Morgan fingerprint density at radius 1 is 1.58 bits per heavy atom. The number of benzene rings is 1. The molecule has 1 aromatic rings. The number of carbonyl (C=O) groups is 1. The second kappa shape index (κ2) is 5.61. The van der Waals surface area contributed by atoms with E-state index in [-0.39, 0.29) is 11.8 Å². The van der Waals surface area contributed by atoms with E-state index < -0.39 is 5.60 Å². The van der Waals surface area contributed by atoms with Crippen LogP contribution in [0.5, 0.6) is 5.75 Å². The van der Waals surface area contributed by atoms with Crippen molar-refractivity contribution in [1.29, 1.82) is 0 Å². The average molecular weight is 263 g/mol. The third-order valence-electron chi connectivity index (χ3n) is 4.05. The smallest absolute Gasteiger partial charge is 0.251 e. The largest absolute Gasteiger partial charge is 0.497 e. The van der Waals surface area contributed by atoms with Gasteiger partial charge >= 0.3 is 0 Å². The number of nitrogens with one attached hydrogen (secondary N) is 1. The van der Waals surface area contributed by atoms with E-state index in [0.717, 1.165) is 19.3 Å². The molecule has 1 saturated carbocycles. The first-order valence-corrected chi connectivity index (χ1v) is 6.70. The number of aliphatic hydroxyl groups is 1. The number of rotatable bonds is 4. The lowest BCUT2D eigenvalue weighted by Crippen LogP contribution is -2.44. The van der Waals surface area contributed by atoms with E-state index >= 15 is 0 Å². The van der Waals surface area contributed by atoms with Crippen LogP contribution in [0.1, 0.15) is 36.5 Å². The third-order valence-corrected chi connectivity index (χ3v) is 4.05. The van der Waals surface area contributed by atoms with Gasteiger partial charge in [-0.1, -0.05) is 19.4 Å². The number of methoxy groups -OCH3 is 1. The highest BCUT2D eigenvalue weighted by atomic mass is 16.5. The van der Waals surface area contributed by atoms with Crippen LogP contribution >= 0.6 is 0 Å². The molecule has 1 aliphatic carbocycles. The maximum Gasteiger partial charge on any atom is 0.251 e. The number of carbonyl (C=O) groups excluding carboxylic acids is 1. The first-order chi connectivity index (χ1) is 9.05. The lowest BCUT2D eigenvalue weighted by molar-refractivity contribution is 0.0101. The minimum absolute atomic E-state index is 0.175. The van der Waals surface area contributed by atoms with Crippen molar-refractivity contribution in [2.24, 2.45) is 5.92 Å². The molecule has 1 fully saturated rings. The molecule has 0 heterocycles. The summed E-state index contributed by atoms with van der Waals surface area (Å²) in [5.74, 6) is 0.713. The van der Waals surface area contributed by atoms with Crippen molar-refractivity contribution in [3.05, 3.63) is 29.8 Å². The molecule has 0 radical (unpaired) electrons. The van der Waals surface area contributed by atoms with Crippen LogP contribution in [0.4, 0.5) is 0 Å². The zero-order chi connectivity index (χ0) is 13.9. The Hall–Kier alpha value is -1.55. The SMILES string of the molecule is COc1cccc(C(=O)NC[C@@]2(O)CCC[C@@H]2C)c1. The van der Waals surface area contributed by atoms with Crippen LogP contribution in [-0.2, 0) is 0 Å². The molecule has 0 bridgehead atoms. The standard InChI is InChI=1S/C15H21NO3/c1-11-5-4-8-15(11,18)10-16-14(17)12-6-3-7-13(9-12)19-2/h3,6-7,9,11,18H,4-5,8,10H2,1-2H3,(H,16,17)/t11-,15-/m0/s1. The second-order valence-corrected chi connectivity index (χ2v) is 5.31. The molecule has 0 unspecified atom stereocenters. The van der Waals surface area contributed by atoms with E-state index in [1.807, 2.05) is 6.92 Å². The van der Waals surface area contributed by atoms with Gasteiger partial charge in [0.15, 0.2) is 0 Å². The van der Waals surface area contributed by atoms with Crippen LogP contribution in [0.3, 0.4) is 0 Å². The quantitative estimate of drug-likeness (QED) is 0.873. The summed E-state index contributed by atoms with van der Waals surface area (Å²) in [5, 5.41) is 13.2. The number of hydrogen-bond donors (Lipinski definition) is 2. The summed E-state index contributed by atoms with van der Waals surface area (Å²) in [4.78, 5) is 12.0. The Morgan fingerprint density at radius 3 is 3.00 bits per heavy atom. The Labute approximate surface area is 113 Å². The van der Waals surface area contributed by atoms with E-state index in [1.54, 1.807) is 31.4 Å². The summed E-state index contributed by atoms with van der Waals surface area (Å²) in [6.07, 6.45) is 2.80. The van der Waals surface area contributed by atoms with Gasteiger partial charge < -0.3 is 15.2 Å². The predicted octanol–water partition coefficient (Wildman–Crippen LogP) is 1.98. The molecule has 0 aliphatic heterocycles. The molecule has 104 valence electrons. The van der Waals surface area contributed by atoms with E-state index in [0.29, 0.717) is 17.9 Å². The summed E-state index contributed by atoms with van der Waals surface area (Å²) in [5.41, 5.74) is -0.206. The molecule has 19 heavy (non-hydrogen) atoms. The van der Waals surface area contributed by atoms with Crippen molar-refractivity contribution in [1.82, 2.24) is 5.32 Å². The second-order valence-electron chi connectivity index (χ2n) is 5.31. The number of hydrogen-bond acceptors (Lipinski definition) is 3. The lowest BCUT2D eigenvalue weighted by Gasteiger charge is -2.27. The zero-order valence-electron chi connectivity index (χ0n) is 11.5. The average Bonchev–Trinajstić information content (AvgIpc) is 2.76. The normalized spacial score (nSPS) is 26.2. The minimum atomic E-state index is -0.755. The molecule has 0 aromatic heterocycles. The summed E-state index contributed by atoms with van der Waals surface area (Å²) in [7, 11) is 1.57. The molecule has 2 atom stereocenters. The highest BCUT2D eigenvalue weighted by Gasteiger charge is 2.38. The van der Waals surface area contributed by atoms with E-state index in [9.17, 15) is 9.90 Å². The first kappa shape index (κ1) is 13.9. The zero-order valence-corrected chi connectivity index (χ0v) is 11.5. The van der Waals surface area contributed by atoms with Crippen molar-refractivity contribution in [3.63, 3.8) is 0 Å². The first-order valence-electron chi connectivity index (χ1n) is 6.70. The van der Waals surface area contributed by atoms with Gasteiger partial charge in [-0.25, -0.2) is 0 Å². The van der Waals surface area contributed by atoms with Crippen LogP contribution < -0.4 is 10.1 Å². The van der Waals surface area contributed by atoms with E-state index in [1.165, 1.54) is 0 Å². The van der Waals surface area contributed by atoms with Gasteiger partial charge in [0, 0.05) is 12.1 Å². The van der Waals surface area contributed by atoms with Gasteiger partial charge in [-0.2, -0.15) is 0 Å². The van der Waals surface area contributed by atoms with Gasteiger partial charge in [0.1, 0.15) is 5.75 Å². The monoisotopic (exact) mass is 263 g/mol. The molecule has 4 nitrogen and oxygen atoms in total. The summed E-state index contributed by atoms with van der Waals surface area (Å²) >= 11 is 0. The van der Waals surface area contributed by atoms with Crippen LogP contribution in [-0.4, -0.2) is 30.3 Å². The molecule has 2 N–H and O–H groups in total. The maximum absolute atomic E-state index is 12.0. The van der Waals surface area contributed by atoms with Crippen LogP contribution in [0.2, 0.25) is 0 Å². The van der Waals surface area contributed by atoms with Gasteiger partial charge in [-0.3, -0.25) is 4.79 Å². The Morgan fingerprint density at radius 2 is 2.37 bits per heavy atom. The van der Waals surface area contributed by atoms with Crippen LogP contribution in [0.25, 0.3) is 0 Å². The van der Waals surface area contributed by atoms with Gasteiger partial charge in [0.25, 0.3) is 5.91 Å². The molecule has 1 amide bonds. The lowest BCUT2D eigenvalue weighted by atomic mass is 9.92. The maximum atomic E-state index is 12.0. The fraction of sp³-hybridized carbons (Fsp3) is 0.533. The van der Waals surface area contributed by atoms with Crippen molar-refractivity contribution in [3.8, 4) is 5.75 Å². The summed E-state index contributed by atoms with van der Waals surface area (Å²) < 4.78 is 5.09. The Kier molecular flexibility index (Phi) is 4.10. The van der Waals surface area contributed by atoms with Gasteiger partial charge in [-0.15, -0.1) is 0 Å². The molecule has 2 rings (SSSR count). The highest BCUT2D eigenvalue weighted by molar-refractivity contribution is 5.94. The van der Waals surface area contributed by atoms with E-state index in [2.05, 4.69) is 5.32 Å². The molecule has 0 spiro atoms. The Bertz CT molecular complexity index is 460. The van der Waals surface area contributed by atoms with Crippen LogP contribution in [0, 0.1) is 5.92 Å². The fourth-order valence-electron chi connectivity index (χ4n) is 2.59. The van der Waals surface area contributed by atoms with Crippen molar-refractivity contribution >= 4 is 5.91 Å². The molecule has 0 saturated heterocycles. The fourth-order valence-corrected chi connectivity index (χ4v) is 2.59. The van der Waals surface area contributed by atoms with Crippen LogP contribution in [0.15, 0.2) is 24.3 Å². The van der Waals surface area contributed by atoms with Gasteiger partial charge in [0.05, 0.1) is 12.7 Å². The van der Waals surface area contributed by atoms with Gasteiger partial charge in [-0.05, 0) is 37.0 Å². The van der Waals surface area contributed by atoms with Gasteiger partial charge in [0.2, 0.25) is 0 Å².